The van der Waals surface area contributed by atoms with Crippen LogP contribution in [0.3, 0.4) is 0 Å². The van der Waals surface area contributed by atoms with Crippen LogP contribution >= 0.6 is 0 Å². The van der Waals surface area contributed by atoms with Crippen molar-refractivity contribution in [1.82, 2.24) is 30.1 Å². The number of tetrazole rings is 1. The highest BCUT2D eigenvalue weighted by Gasteiger charge is 2.21. The summed E-state index contributed by atoms with van der Waals surface area (Å²) in [5.41, 5.74) is 2.32. The Bertz CT molecular complexity index is 801. The number of nitrogens with zero attached hydrogens (tertiary/aromatic N) is 6. The highest BCUT2D eigenvalue weighted by atomic mass is 15.6. The summed E-state index contributed by atoms with van der Waals surface area (Å²) in [7, 11) is 0. The van der Waals surface area contributed by atoms with E-state index in [0.717, 1.165) is 31.6 Å². The lowest BCUT2D eigenvalue weighted by Crippen LogP contribution is -2.38. The van der Waals surface area contributed by atoms with Gasteiger partial charge in [0.15, 0.2) is 0 Å². The third kappa shape index (κ3) is 4.32. The number of pyridine rings is 1. The van der Waals surface area contributed by atoms with Crippen LogP contribution in [-0.2, 0) is 13.0 Å². The van der Waals surface area contributed by atoms with E-state index in [-0.39, 0.29) is 0 Å². The zero-order valence-electron chi connectivity index (χ0n) is 14.9. The smallest absolute Gasteiger partial charge is 0.206 e. The van der Waals surface area contributed by atoms with E-state index in [4.69, 9.17) is 0 Å². The third-order valence-electron chi connectivity index (χ3n) is 4.96. The van der Waals surface area contributed by atoms with Gasteiger partial charge >= 0.3 is 0 Å². The second-order valence-corrected chi connectivity index (χ2v) is 6.95. The molecule has 1 saturated heterocycles. The lowest BCUT2D eigenvalue weighted by molar-refractivity contribution is 0.157. The van der Waals surface area contributed by atoms with Gasteiger partial charge in [0, 0.05) is 31.0 Å². The van der Waals surface area contributed by atoms with Gasteiger partial charge in [0.25, 0.3) is 0 Å². The first kappa shape index (κ1) is 16.8. The Morgan fingerprint density at radius 1 is 1.08 bits per heavy atom. The van der Waals surface area contributed by atoms with E-state index < -0.39 is 0 Å². The van der Waals surface area contributed by atoms with E-state index in [0.29, 0.717) is 11.7 Å². The molecule has 1 aromatic carbocycles. The quantitative estimate of drug-likeness (QED) is 0.685. The van der Waals surface area contributed by atoms with Crippen molar-refractivity contribution in [3.8, 4) is 11.4 Å². The molecule has 0 saturated carbocycles. The average molecular weight is 348 g/mol. The molecular formula is C20H24N6. The van der Waals surface area contributed by atoms with Crippen molar-refractivity contribution in [2.45, 2.75) is 25.8 Å². The van der Waals surface area contributed by atoms with E-state index in [1.807, 2.05) is 12.1 Å². The first-order valence-corrected chi connectivity index (χ1v) is 9.31. The van der Waals surface area contributed by atoms with Crippen molar-refractivity contribution in [1.29, 1.82) is 0 Å². The van der Waals surface area contributed by atoms with Gasteiger partial charge in [0.2, 0.25) is 5.82 Å². The summed E-state index contributed by atoms with van der Waals surface area (Å²) in [6.07, 6.45) is 7.10. The van der Waals surface area contributed by atoms with Crippen LogP contribution in [0.25, 0.3) is 11.4 Å². The Balaban J connectivity index is 1.32. The molecule has 0 spiro atoms. The molecule has 1 fully saturated rings. The molecule has 6 heteroatoms. The van der Waals surface area contributed by atoms with Crippen LogP contribution < -0.4 is 0 Å². The van der Waals surface area contributed by atoms with Gasteiger partial charge in [-0.15, -0.1) is 10.2 Å². The number of hydrogen-bond donors (Lipinski definition) is 0. The second-order valence-electron chi connectivity index (χ2n) is 6.95. The molecule has 1 atom stereocenters. The fraction of sp³-hybridized carbons (Fsp3) is 0.400. The largest absolute Gasteiger partial charge is 0.303 e. The molecule has 6 nitrogen and oxygen atoms in total. The fourth-order valence-corrected chi connectivity index (χ4v) is 3.60. The maximum absolute atomic E-state index is 4.53. The predicted octanol–water partition coefficient (Wildman–Crippen LogP) is 2.69. The third-order valence-corrected chi connectivity index (χ3v) is 4.96. The summed E-state index contributed by atoms with van der Waals surface area (Å²) < 4.78 is 0. The van der Waals surface area contributed by atoms with E-state index in [9.17, 15) is 0 Å². The molecule has 134 valence electrons. The SMILES string of the molecule is c1ccc(CCN2CCC[C@@H](Cn3nnc(-c4cccnc4)n3)C2)cc1. The number of benzene rings is 1. The number of rotatable bonds is 6. The van der Waals surface area contributed by atoms with Crippen molar-refractivity contribution < 1.29 is 0 Å². The molecule has 1 aliphatic rings. The summed E-state index contributed by atoms with van der Waals surface area (Å²) in [4.78, 5) is 8.43. The molecule has 3 heterocycles. The number of aromatic nitrogens is 5. The maximum atomic E-state index is 4.53. The monoisotopic (exact) mass is 348 g/mol. The van der Waals surface area contributed by atoms with Crippen LogP contribution in [0, 0.1) is 5.92 Å². The number of piperidine rings is 1. The lowest BCUT2D eigenvalue weighted by Gasteiger charge is -2.32. The van der Waals surface area contributed by atoms with Gasteiger partial charge < -0.3 is 4.90 Å². The molecule has 0 bridgehead atoms. The molecule has 0 aliphatic carbocycles. The van der Waals surface area contributed by atoms with E-state index in [2.05, 4.69) is 55.6 Å². The Morgan fingerprint density at radius 3 is 2.85 bits per heavy atom. The Kier molecular flexibility index (Phi) is 5.30. The van der Waals surface area contributed by atoms with E-state index in [1.165, 1.54) is 24.9 Å². The van der Waals surface area contributed by atoms with E-state index >= 15 is 0 Å². The summed E-state index contributed by atoms with van der Waals surface area (Å²) >= 11 is 0. The molecule has 0 N–H and O–H groups in total. The predicted molar refractivity (Wildman–Crippen MR) is 100 cm³/mol. The molecule has 26 heavy (non-hydrogen) atoms. The molecule has 0 radical (unpaired) electrons. The Hall–Kier alpha value is -2.60. The minimum atomic E-state index is 0.579. The molecule has 1 aliphatic heterocycles. The maximum Gasteiger partial charge on any atom is 0.206 e. The van der Waals surface area contributed by atoms with Crippen molar-refractivity contribution in [2.75, 3.05) is 19.6 Å². The lowest BCUT2D eigenvalue weighted by atomic mass is 9.98. The average Bonchev–Trinajstić information content (AvgIpc) is 3.17. The number of hydrogen-bond acceptors (Lipinski definition) is 5. The van der Waals surface area contributed by atoms with Crippen LogP contribution in [-0.4, -0.2) is 49.7 Å². The van der Waals surface area contributed by atoms with Crippen LogP contribution in [0.4, 0.5) is 0 Å². The van der Waals surface area contributed by atoms with Crippen molar-refractivity contribution >= 4 is 0 Å². The highest BCUT2D eigenvalue weighted by molar-refractivity contribution is 5.51. The van der Waals surface area contributed by atoms with Crippen molar-refractivity contribution in [2.24, 2.45) is 5.92 Å². The minimum Gasteiger partial charge on any atom is -0.303 e. The molecule has 4 rings (SSSR count). The first-order chi connectivity index (χ1) is 12.9. The van der Waals surface area contributed by atoms with Crippen LogP contribution in [0.1, 0.15) is 18.4 Å². The van der Waals surface area contributed by atoms with Crippen molar-refractivity contribution in [3.05, 3.63) is 60.4 Å². The minimum absolute atomic E-state index is 0.579. The highest BCUT2D eigenvalue weighted by Crippen LogP contribution is 2.19. The van der Waals surface area contributed by atoms with Gasteiger partial charge in [-0.3, -0.25) is 4.98 Å². The molecule has 2 aromatic heterocycles. The zero-order chi connectivity index (χ0) is 17.6. The molecule has 0 amide bonds. The van der Waals surface area contributed by atoms with Crippen LogP contribution in [0.15, 0.2) is 54.9 Å². The Labute approximate surface area is 153 Å². The molecule has 0 unspecified atom stereocenters. The van der Waals surface area contributed by atoms with Gasteiger partial charge in [-0.2, -0.15) is 4.80 Å². The van der Waals surface area contributed by atoms with Gasteiger partial charge in [0.1, 0.15) is 0 Å². The zero-order valence-corrected chi connectivity index (χ0v) is 14.9. The molecular weight excluding hydrogens is 324 g/mol. The first-order valence-electron chi connectivity index (χ1n) is 9.31. The van der Waals surface area contributed by atoms with Gasteiger partial charge in [-0.05, 0) is 54.6 Å². The van der Waals surface area contributed by atoms with Gasteiger partial charge in [-0.1, -0.05) is 30.3 Å². The number of likely N-dealkylation sites (tertiary alicyclic amines) is 1. The van der Waals surface area contributed by atoms with Crippen LogP contribution in [0.5, 0.6) is 0 Å². The molecule has 3 aromatic rings. The topological polar surface area (TPSA) is 59.7 Å². The summed E-state index contributed by atoms with van der Waals surface area (Å²) in [5.74, 6) is 1.23. The summed E-state index contributed by atoms with van der Waals surface area (Å²) in [6, 6.07) is 14.6. The van der Waals surface area contributed by atoms with Crippen molar-refractivity contribution in [3.63, 3.8) is 0 Å². The van der Waals surface area contributed by atoms with Gasteiger partial charge in [0.05, 0.1) is 6.54 Å². The second kappa shape index (κ2) is 8.19. The summed E-state index contributed by atoms with van der Waals surface area (Å²) in [6.45, 7) is 4.24. The summed E-state index contributed by atoms with van der Waals surface area (Å²) in [5, 5.41) is 12.9. The van der Waals surface area contributed by atoms with Gasteiger partial charge in [-0.25, -0.2) is 0 Å². The normalized spacial score (nSPS) is 18.1. The Morgan fingerprint density at radius 2 is 2.00 bits per heavy atom. The van der Waals surface area contributed by atoms with Crippen LogP contribution in [0.2, 0.25) is 0 Å². The fourth-order valence-electron chi connectivity index (χ4n) is 3.60. The standard InChI is InChI=1S/C20H24N6/c1-2-6-17(7-3-1)10-13-25-12-5-8-18(15-25)16-26-23-20(22-24-26)19-9-4-11-21-14-19/h1-4,6-7,9,11,14,18H,5,8,10,12-13,15-16H2/t18-/m1/s1. The van der Waals surface area contributed by atoms with E-state index in [1.54, 1.807) is 17.2 Å².